The Kier molecular flexibility index (Phi) is 4.44. The van der Waals surface area contributed by atoms with E-state index in [2.05, 4.69) is 29.0 Å². The average molecular weight is 249 g/mol. The van der Waals surface area contributed by atoms with Crippen molar-refractivity contribution in [3.8, 4) is 5.75 Å². The van der Waals surface area contributed by atoms with Gasteiger partial charge in [0, 0.05) is 32.2 Å². The number of nitrogens with two attached hydrogens (primary N) is 1. The van der Waals surface area contributed by atoms with Crippen LogP contribution < -0.4 is 15.4 Å². The van der Waals surface area contributed by atoms with E-state index in [0.717, 1.165) is 31.9 Å². The molecule has 0 radical (unpaired) electrons. The largest absolute Gasteiger partial charge is 0.495 e. The molecule has 2 rings (SSSR count). The van der Waals surface area contributed by atoms with E-state index in [1.807, 2.05) is 12.1 Å². The van der Waals surface area contributed by atoms with Gasteiger partial charge in [0.1, 0.15) is 5.75 Å². The van der Waals surface area contributed by atoms with Crippen molar-refractivity contribution in [3.63, 3.8) is 0 Å². The molecule has 2 N–H and O–H groups in total. The van der Waals surface area contributed by atoms with Crippen LogP contribution in [0.15, 0.2) is 24.3 Å². The summed E-state index contributed by atoms with van der Waals surface area (Å²) < 4.78 is 5.43. The highest BCUT2D eigenvalue weighted by molar-refractivity contribution is 5.59. The molecule has 100 valence electrons. The van der Waals surface area contributed by atoms with E-state index in [1.165, 1.54) is 12.1 Å². The second-order valence-electron chi connectivity index (χ2n) is 4.83. The van der Waals surface area contributed by atoms with Crippen molar-refractivity contribution < 1.29 is 4.74 Å². The molecule has 1 saturated heterocycles. The summed E-state index contributed by atoms with van der Waals surface area (Å²) in [4.78, 5) is 4.76. The lowest BCUT2D eigenvalue weighted by Gasteiger charge is -2.25. The van der Waals surface area contributed by atoms with E-state index >= 15 is 0 Å². The SMILES string of the molecule is COc1ccccc1N1CCC(N(C)CCN)C1. The van der Waals surface area contributed by atoms with Crippen molar-refractivity contribution in [2.24, 2.45) is 5.73 Å². The molecule has 4 nitrogen and oxygen atoms in total. The molecule has 0 bridgehead atoms. The zero-order chi connectivity index (χ0) is 13.0. The third-order valence-electron chi connectivity index (χ3n) is 3.69. The first-order valence-electron chi connectivity index (χ1n) is 6.54. The Hall–Kier alpha value is -1.26. The number of methoxy groups -OCH3 is 1. The van der Waals surface area contributed by atoms with Crippen LogP contribution in [0.5, 0.6) is 5.75 Å². The monoisotopic (exact) mass is 249 g/mol. The fourth-order valence-corrected chi connectivity index (χ4v) is 2.60. The van der Waals surface area contributed by atoms with Crippen LogP contribution in [0.4, 0.5) is 5.69 Å². The quantitative estimate of drug-likeness (QED) is 0.850. The maximum atomic E-state index is 5.61. The average Bonchev–Trinajstić information content (AvgIpc) is 2.88. The van der Waals surface area contributed by atoms with E-state index in [9.17, 15) is 0 Å². The Bertz CT molecular complexity index is 383. The van der Waals surface area contributed by atoms with Gasteiger partial charge in [0.2, 0.25) is 0 Å². The molecule has 0 aromatic heterocycles. The Balaban J connectivity index is 2.04. The number of ether oxygens (including phenoxy) is 1. The summed E-state index contributed by atoms with van der Waals surface area (Å²) in [6.07, 6.45) is 1.19. The first-order chi connectivity index (χ1) is 8.76. The standard InChI is InChI=1S/C14H23N3O/c1-16(10-8-15)12-7-9-17(11-12)13-5-3-4-6-14(13)18-2/h3-6,12H,7-11,15H2,1-2H3. The lowest BCUT2D eigenvalue weighted by Crippen LogP contribution is -2.37. The van der Waals surface area contributed by atoms with Crippen molar-refractivity contribution in [2.75, 3.05) is 45.2 Å². The summed E-state index contributed by atoms with van der Waals surface area (Å²) in [6.45, 7) is 3.82. The highest BCUT2D eigenvalue weighted by Gasteiger charge is 2.26. The zero-order valence-electron chi connectivity index (χ0n) is 11.3. The predicted octanol–water partition coefficient (Wildman–Crippen LogP) is 1.16. The van der Waals surface area contributed by atoms with Crippen LogP contribution in [-0.2, 0) is 0 Å². The third kappa shape index (κ3) is 2.76. The first-order valence-corrected chi connectivity index (χ1v) is 6.54. The van der Waals surface area contributed by atoms with Gasteiger partial charge >= 0.3 is 0 Å². The van der Waals surface area contributed by atoms with E-state index in [1.54, 1.807) is 7.11 Å². The maximum absolute atomic E-state index is 5.61. The molecule has 0 aliphatic carbocycles. The summed E-state index contributed by atoms with van der Waals surface area (Å²) in [7, 11) is 3.89. The lowest BCUT2D eigenvalue weighted by molar-refractivity contribution is 0.266. The van der Waals surface area contributed by atoms with Crippen molar-refractivity contribution in [1.29, 1.82) is 0 Å². The molecule has 4 heteroatoms. The molecular formula is C14H23N3O. The summed E-state index contributed by atoms with van der Waals surface area (Å²) >= 11 is 0. The first kappa shape index (κ1) is 13.2. The normalized spacial score (nSPS) is 19.6. The Morgan fingerprint density at radius 2 is 2.22 bits per heavy atom. The summed E-state index contributed by atoms with van der Waals surface area (Å²) in [5, 5.41) is 0. The molecule has 1 aromatic rings. The van der Waals surface area contributed by atoms with Gasteiger partial charge in [0.05, 0.1) is 12.8 Å². The predicted molar refractivity (Wildman–Crippen MR) is 75.3 cm³/mol. The van der Waals surface area contributed by atoms with Crippen molar-refractivity contribution in [2.45, 2.75) is 12.5 Å². The van der Waals surface area contributed by atoms with Crippen LogP contribution in [0, 0.1) is 0 Å². The molecule has 18 heavy (non-hydrogen) atoms. The fraction of sp³-hybridized carbons (Fsp3) is 0.571. The molecule has 1 unspecified atom stereocenters. The molecular weight excluding hydrogens is 226 g/mol. The van der Waals surface area contributed by atoms with Gasteiger partial charge in [-0.1, -0.05) is 12.1 Å². The third-order valence-corrected chi connectivity index (χ3v) is 3.69. The van der Waals surface area contributed by atoms with Gasteiger partial charge in [-0.25, -0.2) is 0 Å². The minimum Gasteiger partial charge on any atom is -0.495 e. The number of anilines is 1. The second-order valence-corrected chi connectivity index (χ2v) is 4.83. The molecule has 0 amide bonds. The summed E-state index contributed by atoms with van der Waals surface area (Å²) in [5.41, 5.74) is 6.81. The Morgan fingerprint density at radius 1 is 1.44 bits per heavy atom. The molecule has 1 atom stereocenters. The van der Waals surface area contributed by atoms with Crippen molar-refractivity contribution in [1.82, 2.24) is 4.90 Å². The minimum atomic E-state index is 0.596. The van der Waals surface area contributed by atoms with Gasteiger partial charge in [-0.2, -0.15) is 0 Å². The molecule has 1 heterocycles. The van der Waals surface area contributed by atoms with Gasteiger partial charge in [-0.15, -0.1) is 0 Å². The van der Waals surface area contributed by atoms with Gasteiger partial charge in [0.15, 0.2) is 0 Å². The smallest absolute Gasteiger partial charge is 0.142 e. The molecule has 0 spiro atoms. The molecule has 1 aromatic carbocycles. The van der Waals surface area contributed by atoms with Gasteiger partial charge in [-0.3, -0.25) is 0 Å². The second kappa shape index (κ2) is 6.07. The summed E-state index contributed by atoms with van der Waals surface area (Å²) in [5.74, 6) is 0.958. The number of hydrogen-bond acceptors (Lipinski definition) is 4. The fourth-order valence-electron chi connectivity index (χ4n) is 2.60. The van der Waals surface area contributed by atoms with Gasteiger partial charge in [0.25, 0.3) is 0 Å². The van der Waals surface area contributed by atoms with Crippen LogP contribution in [0.1, 0.15) is 6.42 Å². The minimum absolute atomic E-state index is 0.596. The molecule has 1 aliphatic rings. The molecule has 1 aliphatic heterocycles. The zero-order valence-corrected chi connectivity index (χ0v) is 11.3. The van der Waals surface area contributed by atoms with Crippen LogP contribution in [0.3, 0.4) is 0 Å². The number of hydrogen-bond donors (Lipinski definition) is 1. The van der Waals surface area contributed by atoms with Gasteiger partial charge < -0.3 is 20.3 Å². The van der Waals surface area contributed by atoms with E-state index in [0.29, 0.717) is 6.04 Å². The van der Waals surface area contributed by atoms with Gasteiger partial charge in [-0.05, 0) is 25.6 Å². The van der Waals surface area contributed by atoms with E-state index in [4.69, 9.17) is 10.5 Å². The Morgan fingerprint density at radius 3 is 2.94 bits per heavy atom. The topological polar surface area (TPSA) is 41.7 Å². The maximum Gasteiger partial charge on any atom is 0.142 e. The number of para-hydroxylation sites is 2. The number of likely N-dealkylation sites (N-methyl/N-ethyl adjacent to an activating group) is 1. The van der Waals surface area contributed by atoms with Crippen molar-refractivity contribution in [3.05, 3.63) is 24.3 Å². The molecule has 0 saturated carbocycles. The number of benzene rings is 1. The lowest BCUT2D eigenvalue weighted by atomic mass is 10.2. The van der Waals surface area contributed by atoms with Crippen LogP contribution in [0.2, 0.25) is 0 Å². The van der Waals surface area contributed by atoms with Crippen LogP contribution in [0.25, 0.3) is 0 Å². The van der Waals surface area contributed by atoms with Crippen LogP contribution >= 0.6 is 0 Å². The van der Waals surface area contributed by atoms with E-state index in [-0.39, 0.29) is 0 Å². The van der Waals surface area contributed by atoms with Crippen molar-refractivity contribution >= 4 is 5.69 Å². The van der Waals surface area contributed by atoms with E-state index < -0.39 is 0 Å². The number of rotatable bonds is 5. The highest BCUT2D eigenvalue weighted by Crippen LogP contribution is 2.31. The highest BCUT2D eigenvalue weighted by atomic mass is 16.5. The number of nitrogens with zero attached hydrogens (tertiary/aromatic N) is 2. The molecule has 1 fully saturated rings. The summed E-state index contributed by atoms with van der Waals surface area (Å²) in [6, 6.07) is 8.82. The van der Waals surface area contributed by atoms with Crippen LogP contribution in [-0.4, -0.2) is 51.3 Å². The Labute approximate surface area is 109 Å².